The second-order valence-electron chi connectivity index (χ2n) is 5.14. The fraction of sp³-hybridized carbons (Fsp3) is 0.250. The monoisotopic (exact) mass is 338 g/mol. The van der Waals surface area contributed by atoms with Gasteiger partial charge in [-0.05, 0) is 36.8 Å². The van der Waals surface area contributed by atoms with Crippen molar-refractivity contribution in [3.05, 3.63) is 53.9 Å². The molecule has 1 aliphatic heterocycles. The molecule has 1 aromatic carbocycles. The second-order valence-corrected chi connectivity index (χ2v) is 5.14. The number of benzene rings is 1. The molecule has 0 N–H and O–H groups in total. The third kappa shape index (κ3) is 4.15. The minimum atomic E-state index is -4.71. The number of rotatable bonds is 3. The molecule has 0 unspecified atom stereocenters. The van der Waals surface area contributed by atoms with Gasteiger partial charge in [0.05, 0.1) is 12.6 Å². The first-order valence-corrected chi connectivity index (χ1v) is 7.08. The van der Waals surface area contributed by atoms with Crippen LogP contribution in [-0.2, 0) is 4.84 Å². The number of aryl methyl sites for hydroxylation is 1. The van der Waals surface area contributed by atoms with Gasteiger partial charge in [-0.15, -0.1) is 13.2 Å². The van der Waals surface area contributed by atoms with Gasteiger partial charge in [-0.25, -0.2) is 0 Å². The average molecular weight is 338 g/mol. The SMILES string of the molecule is Cc1ccc(OC2=NO[C@H](c3ccc(OC(F)(F)F)cc3)C2)cn1. The summed E-state index contributed by atoms with van der Waals surface area (Å²) >= 11 is 0. The quantitative estimate of drug-likeness (QED) is 0.844. The Balaban J connectivity index is 1.59. The van der Waals surface area contributed by atoms with Crippen LogP contribution in [0.4, 0.5) is 13.2 Å². The van der Waals surface area contributed by atoms with Gasteiger partial charge in [-0.3, -0.25) is 4.98 Å². The van der Waals surface area contributed by atoms with Crippen molar-refractivity contribution in [2.45, 2.75) is 25.8 Å². The van der Waals surface area contributed by atoms with E-state index in [9.17, 15) is 13.2 Å². The average Bonchev–Trinajstić information content (AvgIpc) is 2.97. The highest BCUT2D eigenvalue weighted by Crippen LogP contribution is 2.30. The lowest BCUT2D eigenvalue weighted by atomic mass is 10.1. The number of hydrogen-bond donors (Lipinski definition) is 0. The Hall–Kier alpha value is -2.77. The maximum Gasteiger partial charge on any atom is 0.573 e. The molecule has 0 aliphatic carbocycles. The van der Waals surface area contributed by atoms with Gasteiger partial charge in [0.2, 0.25) is 5.90 Å². The fourth-order valence-electron chi connectivity index (χ4n) is 2.13. The van der Waals surface area contributed by atoms with Crippen LogP contribution in [-0.4, -0.2) is 17.2 Å². The van der Waals surface area contributed by atoms with Crippen molar-refractivity contribution in [2.75, 3.05) is 0 Å². The summed E-state index contributed by atoms with van der Waals surface area (Å²) in [5.74, 6) is 0.631. The molecule has 0 amide bonds. The van der Waals surface area contributed by atoms with Crippen LogP contribution in [0.15, 0.2) is 47.8 Å². The topological polar surface area (TPSA) is 52.9 Å². The molecular weight excluding hydrogens is 325 g/mol. The second kappa shape index (κ2) is 6.38. The number of alkyl halides is 3. The Labute approximate surface area is 135 Å². The first-order valence-electron chi connectivity index (χ1n) is 7.08. The summed E-state index contributed by atoms with van der Waals surface area (Å²) < 4.78 is 45.8. The molecule has 126 valence electrons. The first-order chi connectivity index (χ1) is 11.4. The molecule has 2 aromatic rings. The van der Waals surface area contributed by atoms with Gasteiger partial charge >= 0.3 is 6.36 Å². The van der Waals surface area contributed by atoms with E-state index in [2.05, 4.69) is 14.9 Å². The van der Waals surface area contributed by atoms with E-state index in [-0.39, 0.29) is 5.75 Å². The van der Waals surface area contributed by atoms with Crippen LogP contribution >= 0.6 is 0 Å². The highest BCUT2D eigenvalue weighted by Gasteiger charge is 2.31. The Kier molecular flexibility index (Phi) is 4.28. The van der Waals surface area contributed by atoms with Crippen molar-refractivity contribution in [3.8, 4) is 11.5 Å². The molecule has 0 radical (unpaired) electrons. The van der Waals surface area contributed by atoms with Crippen LogP contribution in [0.5, 0.6) is 11.5 Å². The van der Waals surface area contributed by atoms with Crippen molar-refractivity contribution in [1.29, 1.82) is 0 Å². The number of oxime groups is 1. The molecule has 8 heteroatoms. The van der Waals surface area contributed by atoms with Crippen LogP contribution in [0, 0.1) is 6.92 Å². The molecule has 0 spiro atoms. The Morgan fingerprint density at radius 2 is 1.79 bits per heavy atom. The Bertz CT molecular complexity index is 728. The minimum absolute atomic E-state index is 0.285. The fourth-order valence-corrected chi connectivity index (χ4v) is 2.13. The number of ether oxygens (including phenoxy) is 2. The van der Waals surface area contributed by atoms with Crippen LogP contribution in [0.2, 0.25) is 0 Å². The molecule has 1 aromatic heterocycles. The van der Waals surface area contributed by atoms with Crippen molar-refractivity contribution >= 4 is 5.90 Å². The Morgan fingerprint density at radius 1 is 1.08 bits per heavy atom. The van der Waals surface area contributed by atoms with E-state index in [4.69, 9.17) is 9.57 Å². The van der Waals surface area contributed by atoms with E-state index in [1.807, 2.05) is 13.0 Å². The summed E-state index contributed by atoms with van der Waals surface area (Å²) in [6.07, 6.45) is -3.18. The molecular formula is C16H13F3N2O3. The lowest BCUT2D eigenvalue weighted by molar-refractivity contribution is -0.274. The van der Waals surface area contributed by atoms with Gasteiger partial charge in [0.1, 0.15) is 11.5 Å². The Morgan fingerprint density at radius 3 is 2.42 bits per heavy atom. The molecule has 2 heterocycles. The van der Waals surface area contributed by atoms with Crippen LogP contribution in [0.25, 0.3) is 0 Å². The van der Waals surface area contributed by atoms with Crippen LogP contribution in [0.3, 0.4) is 0 Å². The summed E-state index contributed by atoms with van der Waals surface area (Å²) in [5, 5.41) is 3.85. The summed E-state index contributed by atoms with van der Waals surface area (Å²) in [7, 11) is 0. The third-order valence-electron chi connectivity index (χ3n) is 3.25. The third-order valence-corrected chi connectivity index (χ3v) is 3.25. The maximum atomic E-state index is 12.1. The molecule has 5 nitrogen and oxygen atoms in total. The zero-order chi connectivity index (χ0) is 17.2. The number of pyridine rings is 1. The van der Waals surface area contributed by atoms with Gasteiger partial charge < -0.3 is 14.3 Å². The molecule has 24 heavy (non-hydrogen) atoms. The lowest BCUT2D eigenvalue weighted by Crippen LogP contribution is -2.17. The molecule has 0 bridgehead atoms. The minimum Gasteiger partial charge on any atom is -0.438 e. The van der Waals surface area contributed by atoms with E-state index < -0.39 is 12.5 Å². The number of aromatic nitrogens is 1. The zero-order valence-electron chi connectivity index (χ0n) is 12.6. The van der Waals surface area contributed by atoms with Gasteiger partial charge in [0.25, 0.3) is 0 Å². The lowest BCUT2D eigenvalue weighted by Gasteiger charge is -2.11. The van der Waals surface area contributed by atoms with E-state index in [1.54, 1.807) is 12.3 Å². The molecule has 1 atom stereocenters. The van der Waals surface area contributed by atoms with E-state index in [0.717, 1.165) is 5.69 Å². The maximum absolute atomic E-state index is 12.1. The zero-order valence-corrected chi connectivity index (χ0v) is 12.6. The smallest absolute Gasteiger partial charge is 0.438 e. The van der Waals surface area contributed by atoms with Gasteiger partial charge in [0.15, 0.2) is 6.10 Å². The largest absolute Gasteiger partial charge is 0.573 e. The van der Waals surface area contributed by atoms with Crippen molar-refractivity contribution in [1.82, 2.24) is 4.98 Å². The van der Waals surface area contributed by atoms with E-state index in [0.29, 0.717) is 23.6 Å². The van der Waals surface area contributed by atoms with Crippen molar-refractivity contribution in [2.24, 2.45) is 5.16 Å². The molecule has 0 fully saturated rings. The molecule has 0 saturated heterocycles. The van der Waals surface area contributed by atoms with Crippen LogP contribution < -0.4 is 9.47 Å². The van der Waals surface area contributed by atoms with Gasteiger partial charge in [0, 0.05) is 5.69 Å². The number of halogens is 3. The number of nitrogens with zero attached hydrogens (tertiary/aromatic N) is 2. The van der Waals surface area contributed by atoms with Gasteiger partial charge in [-0.1, -0.05) is 17.3 Å². The standard InChI is InChI=1S/C16H13F3N2O3/c1-10-2-5-13(9-20-10)22-15-8-14(24-21-15)11-3-6-12(7-4-11)23-16(17,18)19/h2-7,9,14H,8H2,1H3/t14-/m0/s1. The van der Waals surface area contributed by atoms with Crippen molar-refractivity contribution in [3.63, 3.8) is 0 Å². The number of hydrogen-bond acceptors (Lipinski definition) is 5. The molecule has 3 rings (SSSR count). The van der Waals surface area contributed by atoms with Crippen LogP contribution in [0.1, 0.15) is 23.8 Å². The van der Waals surface area contributed by atoms with E-state index >= 15 is 0 Å². The highest BCUT2D eigenvalue weighted by atomic mass is 19.4. The molecule has 1 aliphatic rings. The normalized spacial score (nSPS) is 17.2. The van der Waals surface area contributed by atoms with Gasteiger partial charge in [-0.2, -0.15) is 0 Å². The summed E-state index contributed by atoms with van der Waals surface area (Å²) in [4.78, 5) is 9.38. The first kappa shape index (κ1) is 16.1. The predicted molar refractivity (Wildman–Crippen MR) is 78.6 cm³/mol. The van der Waals surface area contributed by atoms with E-state index in [1.165, 1.54) is 24.3 Å². The predicted octanol–water partition coefficient (Wildman–Crippen LogP) is 4.14. The molecule has 0 saturated carbocycles. The highest BCUT2D eigenvalue weighted by molar-refractivity contribution is 5.79. The summed E-state index contributed by atoms with van der Waals surface area (Å²) in [6.45, 7) is 1.86. The summed E-state index contributed by atoms with van der Waals surface area (Å²) in [5.41, 5.74) is 1.54. The summed E-state index contributed by atoms with van der Waals surface area (Å²) in [6, 6.07) is 9.03. The van der Waals surface area contributed by atoms with Crippen molar-refractivity contribution < 1.29 is 27.5 Å².